The molecule has 1 fully saturated rings. The molecule has 2 rings (SSSR count). The maximum Gasteiger partial charge on any atom is 0.102 e. The number of nitrogens with zero attached hydrogens (tertiary/aromatic N) is 1. The molecule has 0 amide bonds. The van der Waals surface area contributed by atoms with Crippen molar-refractivity contribution in [2.24, 2.45) is 5.92 Å². The van der Waals surface area contributed by atoms with Gasteiger partial charge in [-0.2, -0.15) is 5.26 Å². The molecule has 17 heavy (non-hydrogen) atoms. The largest absolute Gasteiger partial charge is 0.381 e. The summed E-state index contributed by atoms with van der Waals surface area (Å²) in [4.78, 5) is 1.06. The SMILES string of the molecule is CCCC1CC1Nc1cccc(SC)c1C#N. The fourth-order valence-electron chi connectivity index (χ4n) is 2.25. The molecule has 1 aliphatic rings. The summed E-state index contributed by atoms with van der Waals surface area (Å²) in [6, 6.07) is 8.93. The van der Waals surface area contributed by atoms with E-state index in [1.54, 1.807) is 11.8 Å². The van der Waals surface area contributed by atoms with Gasteiger partial charge in [0.15, 0.2) is 0 Å². The fraction of sp³-hybridized carbons (Fsp3) is 0.500. The van der Waals surface area contributed by atoms with Crippen molar-refractivity contribution in [3.63, 3.8) is 0 Å². The molecule has 3 heteroatoms. The van der Waals surface area contributed by atoms with Crippen molar-refractivity contribution in [3.05, 3.63) is 23.8 Å². The van der Waals surface area contributed by atoms with Gasteiger partial charge >= 0.3 is 0 Å². The monoisotopic (exact) mass is 246 g/mol. The summed E-state index contributed by atoms with van der Waals surface area (Å²) in [5, 5.41) is 12.7. The lowest BCUT2D eigenvalue weighted by molar-refractivity contribution is 0.693. The van der Waals surface area contributed by atoms with Crippen LogP contribution in [0.1, 0.15) is 31.7 Å². The number of hydrogen-bond donors (Lipinski definition) is 1. The number of anilines is 1. The van der Waals surface area contributed by atoms with Gasteiger partial charge in [0.1, 0.15) is 6.07 Å². The molecule has 0 aliphatic heterocycles. The van der Waals surface area contributed by atoms with Crippen molar-refractivity contribution in [2.75, 3.05) is 11.6 Å². The minimum atomic E-state index is 0.583. The van der Waals surface area contributed by atoms with Gasteiger partial charge in [0.2, 0.25) is 0 Å². The molecule has 0 spiro atoms. The van der Waals surface area contributed by atoms with Gasteiger partial charge in [-0.05, 0) is 37.1 Å². The van der Waals surface area contributed by atoms with E-state index in [0.29, 0.717) is 6.04 Å². The summed E-state index contributed by atoms with van der Waals surface area (Å²) in [6.45, 7) is 2.23. The van der Waals surface area contributed by atoms with Crippen LogP contribution in [0.4, 0.5) is 5.69 Å². The van der Waals surface area contributed by atoms with Crippen LogP contribution in [-0.4, -0.2) is 12.3 Å². The third-order valence-electron chi connectivity index (χ3n) is 3.28. The van der Waals surface area contributed by atoms with E-state index in [1.807, 2.05) is 24.5 Å². The zero-order valence-corrected chi connectivity index (χ0v) is 11.2. The fourth-order valence-corrected chi connectivity index (χ4v) is 2.83. The van der Waals surface area contributed by atoms with Gasteiger partial charge in [0, 0.05) is 10.9 Å². The standard InChI is InChI=1S/C14H18N2S/c1-3-5-10-8-13(10)16-12-6-4-7-14(17-2)11(12)9-15/h4,6-7,10,13,16H,3,5,8H2,1-2H3. The Morgan fingerprint density at radius 3 is 3.00 bits per heavy atom. The second-order valence-corrected chi connectivity index (χ2v) is 5.38. The highest BCUT2D eigenvalue weighted by atomic mass is 32.2. The van der Waals surface area contributed by atoms with Crippen LogP contribution in [0.15, 0.2) is 23.1 Å². The third kappa shape index (κ3) is 2.76. The van der Waals surface area contributed by atoms with Crippen LogP contribution in [0.25, 0.3) is 0 Å². The van der Waals surface area contributed by atoms with Crippen molar-refractivity contribution >= 4 is 17.4 Å². The van der Waals surface area contributed by atoms with Gasteiger partial charge in [0.25, 0.3) is 0 Å². The molecule has 0 aromatic heterocycles. The molecule has 0 radical (unpaired) electrons. The quantitative estimate of drug-likeness (QED) is 0.801. The lowest BCUT2D eigenvalue weighted by atomic mass is 10.2. The Balaban J connectivity index is 2.09. The average molecular weight is 246 g/mol. The number of hydrogen-bond acceptors (Lipinski definition) is 3. The molecule has 1 saturated carbocycles. The zero-order chi connectivity index (χ0) is 12.3. The number of benzene rings is 1. The molecular weight excluding hydrogens is 228 g/mol. The molecule has 0 bridgehead atoms. The molecule has 0 saturated heterocycles. The predicted octanol–water partition coefficient (Wildman–Crippen LogP) is 3.88. The Morgan fingerprint density at radius 1 is 1.53 bits per heavy atom. The maximum atomic E-state index is 9.23. The first-order chi connectivity index (χ1) is 8.30. The summed E-state index contributed by atoms with van der Waals surface area (Å²) in [5.74, 6) is 0.810. The summed E-state index contributed by atoms with van der Waals surface area (Å²) in [5.41, 5.74) is 1.80. The molecule has 2 nitrogen and oxygen atoms in total. The smallest absolute Gasteiger partial charge is 0.102 e. The van der Waals surface area contributed by atoms with Gasteiger partial charge in [-0.15, -0.1) is 11.8 Å². The van der Waals surface area contributed by atoms with Crippen LogP contribution < -0.4 is 5.32 Å². The average Bonchev–Trinajstić information content (AvgIpc) is 3.07. The Hall–Kier alpha value is -1.14. The number of thioether (sulfide) groups is 1. The van der Waals surface area contributed by atoms with E-state index in [1.165, 1.54) is 19.3 Å². The number of rotatable bonds is 5. The van der Waals surface area contributed by atoms with Crippen LogP contribution in [0.3, 0.4) is 0 Å². The summed E-state index contributed by atoms with van der Waals surface area (Å²) < 4.78 is 0. The molecule has 1 N–H and O–H groups in total. The molecule has 1 aromatic carbocycles. The highest BCUT2D eigenvalue weighted by Gasteiger charge is 2.36. The van der Waals surface area contributed by atoms with E-state index in [-0.39, 0.29) is 0 Å². The van der Waals surface area contributed by atoms with Crippen molar-refractivity contribution in [1.82, 2.24) is 0 Å². The van der Waals surface area contributed by atoms with E-state index in [2.05, 4.69) is 18.3 Å². The molecule has 0 heterocycles. The minimum Gasteiger partial charge on any atom is -0.381 e. The van der Waals surface area contributed by atoms with Crippen LogP contribution >= 0.6 is 11.8 Å². The molecule has 2 atom stereocenters. The Labute approximate surface area is 107 Å². The predicted molar refractivity (Wildman–Crippen MR) is 73.4 cm³/mol. The van der Waals surface area contributed by atoms with E-state index in [9.17, 15) is 5.26 Å². The lowest BCUT2D eigenvalue weighted by Gasteiger charge is -2.10. The first-order valence-electron chi connectivity index (χ1n) is 6.13. The third-order valence-corrected chi connectivity index (χ3v) is 4.06. The molecule has 2 unspecified atom stereocenters. The minimum absolute atomic E-state index is 0.583. The van der Waals surface area contributed by atoms with Crippen molar-refractivity contribution in [2.45, 2.75) is 37.1 Å². The van der Waals surface area contributed by atoms with Crippen LogP contribution in [0.5, 0.6) is 0 Å². The Kier molecular flexibility index (Phi) is 3.96. The second kappa shape index (κ2) is 5.46. The molecular formula is C14H18N2S. The number of nitrogens with one attached hydrogen (secondary N) is 1. The highest BCUT2D eigenvalue weighted by Crippen LogP contribution is 2.38. The first kappa shape index (κ1) is 12.3. The van der Waals surface area contributed by atoms with Crippen molar-refractivity contribution in [1.29, 1.82) is 5.26 Å². The topological polar surface area (TPSA) is 35.8 Å². The van der Waals surface area contributed by atoms with Crippen molar-refractivity contribution in [3.8, 4) is 6.07 Å². The highest BCUT2D eigenvalue weighted by molar-refractivity contribution is 7.98. The summed E-state index contributed by atoms with van der Waals surface area (Å²) in [6.07, 6.45) is 5.81. The summed E-state index contributed by atoms with van der Waals surface area (Å²) in [7, 11) is 0. The normalized spacial score (nSPS) is 21.9. The van der Waals surface area contributed by atoms with Crippen LogP contribution in [-0.2, 0) is 0 Å². The number of nitriles is 1. The van der Waals surface area contributed by atoms with Crippen LogP contribution in [0.2, 0.25) is 0 Å². The van der Waals surface area contributed by atoms with Crippen LogP contribution in [0, 0.1) is 17.2 Å². The Bertz CT molecular complexity index is 436. The van der Waals surface area contributed by atoms with Gasteiger partial charge < -0.3 is 5.32 Å². The Morgan fingerprint density at radius 2 is 2.35 bits per heavy atom. The summed E-state index contributed by atoms with van der Waals surface area (Å²) >= 11 is 1.63. The first-order valence-corrected chi connectivity index (χ1v) is 7.36. The lowest BCUT2D eigenvalue weighted by Crippen LogP contribution is -2.06. The van der Waals surface area contributed by atoms with Crippen molar-refractivity contribution < 1.29 is 0 Å². The van der Waals surface area contributed by atoms with Gasteiger partial charge in [-0.1, -0.05) is 19.4 Å². The van der Waals surface area contributed by atoms with E-state index in [4.69, 9.17) is 0 Å². The van der Waals surface area contributed by atoms with E-state index < -0.39 is 0 Å². The maximum absolute atomic E-state index is 9.23. The van der Waals surface area contributed by atoms with E-state index in [0.717, 1.165) is 22.1 Å². The second-order valence-electron chi connectivity index (χ2n) is 4.53. The molecule has 1 aliphatic carbocycles. The van der Waals surface area contributed by atoms with Gasteiger partial charge in [-0.25, -0.2) is 0 Å². The molecule has 1 aromatic rings. The molecule has 90 valence electrons. The zero-order valence-electron chi connectivity index (χ0n) is 10.4. The van der Waals surface area contributed by atoms with Gasteiger partial charge in [-0.3, -0.25) is 0 Å². The van der Waals surface area contributed by atoms with Gasteiger partial charge in [0.05, 0.1) is 11.3 Å². The van der Waals surface area contributed by atoms with E-state index >= 15 is 0 Å².